The van der Waals surface area contributed by atoms with Crippen molar-refractivity contribution in [3.8, 4) is 0 Å². The van der Waals surface area contributed by atoms with Gasteiger partial charge in [0, 0.05) is 5.39 Å². The number of fused-ring (bicyclic) bond motifs is 1. The number of halogens is 1. The van der Waals surface area contributed by atoms with Gasteiger partial charge in [-0.3, -0.25) is 5.10 Å². The van der Waals surface area contributed by atoms with E-state index in [1.54, 1.807) is 30.3 Å². The SMILES string of the molecule is Cl.NCCCCc1ccc2[nH]nc(S(=O)(=O)c3ccccc3)c2c1. The first kappa shape index (κ1) is 18.4. The van der Waals surface area contributed by atoms with Gasteiger partial charge in [0.05, 0.1) is 10.4 Å². The van der Waals surface area contributed by atoms with Crippen LogP contribution in [0.1, 0.15) is 18.4 Å². The monoisotopic (exact) mass is 365 g/mol. The Morgan fingerprint density at radius 3 is 2.50 bits per heavy atom. The zero-order valence-electron chi connectivity index (χ0n) is 13.1. The summed E-state index contributed by atoms with van der Waals surface area (Å²) in [7, 11) is -3.63. The molecule has 0 spiro atoms. The van der Waals surface area contributed by atoms with Gasteiger partial charge in [0.15, 0.2) is 5.03 Å². The van der Waals surface area contributed by atoms with Gasteiger partial charge in [-0.1, -0.05) is 24.3 Å². The van der Waals surface area contributed by atoms with Crippen molar-refractivity contribution in [3.63, 3.8) is 0 Å². The first-order valence-electron chi connectivity index (χ1n) is 7.60. The number of aromatic nitrogens is 2. The summed E-state index contributed by atoms with van der Waals surface area (Å²) < 4.78 is 25.6. The number of benzene rings is 2. The van der Waals surface area contributed by atoms with Crippen LogP contribution in [0.15, 0.2) is 58.5 Å². The number of nitrogens with two attached hydrogens (primary N) is 1. The lowest BCUT2D eigenvalue weighted by atomic mass is 10.1. The van der Waals surface area contributed by atoms with E-state index in [4.69, 9.17) is 5.73 Å². The smallest absolute Gasteiger partial charge is 0.226 e. The lowest BCUT2D eigenvalue weighted by Gasteiger charge is -2.03. The molecule has 0 aliphatic heterocycles. The number of H-pyrrole nitrogens is 1. The minimum absolute atomic E-state index is 0. The fourth-order valence-corrected chi connectivity index (χ4v) is 3.95. The van der Waals surface area contributed by atoms with Crippen molar-refractivity contribution in [1.29, 1.82) is 0 Å². The van der Waals surface area contributed by atoms with E-state index in [0.29, 0.717) is 11.9 Å². The topological polar surface area (TPSA) is 88.8 Å². The van der Waals surface area contributed by atoms with Gasteiger partial charge in [0.25, 0.3) is 0 Å². The number of unbranched alkanes of at least 4 members (excludes halogenated alkanes) is 1. The highest BCUT2D eigenvalue weighted by Gasteiger charge is 2.23. The van der Waals surface area contributed by atoms with Crippen LogP contribution in [0.2, 0.25) is 0 Å². The van der Waals surface area contributed by atoms with Gasteiger partial charge in [-0.25, -0.2) is 8.42 Å². The molecular weight excluding hydrogens is 346 g/mol. The third kappa shape index (κ3) is 3.61. The fourth-order valence-electron chi connectivity index (χ4n) is 2.58. The zero-order chi connectivity index (χ0) is 16.3. The molecule has 0 bridgehead atoms. The summed E-state index contributed by atoms with van der Waals surface area (Å²) in [6.07, 6.45) is 2.82. The molecule has 3 rings (SSSR count). The molecule has 0 saturated heterocycles. The van der Waals surface area contributed by atoms with Gasteiger partial charge >= 0.3 is 0 Å². The Morgan fingerprint density at radius 1 is 1.04 bits per heavy atom. The molecule has 0 aliphatic rings. The number of hydrogen-bond donors (Lipinski definition) is 2. The molecule has 0 atom stereocenters. The van der Waals surface area contributed by atoms with Crippen LogP contribution in [0.4, 0.5) is 0 Å². The van der Waals surface area contributed by atoms with E-state index in [0.717, 1.165) is 30.3 Å². The average molecular weight is 366 g/mol. The number of aryl methyl sites for hydroxylation is 1. The fraction of sp³-hybridized carbons (Fsp3) is 0.235. The van der Waals surface area contributed by atoms with Crippen molar-refractivity contribution in [2.24, 2.45) is 5.73 Å². The molecule has 2 aromatic carbocycles. The molecule has 3 aromatic rings. The second-order valence-corrected chi connectivity index (χ2v) is 7.34. The summed E-state index contributed by atoms with van der Waals surface area (Å²) >= 11 is 0. The number of sulfone groups is 1. The molecule has 0 radical (unpaired) electrons. The summed E-state index contributed by atoms with van der Waals surface area (Å²) in [6, 6.07) is 14.2. The quantitative estimate of drug-likeness (QED) is 0.657. The van der Waals surface area contributed by atoms with Gasteiger partial charge in [-0.15, -0.1) is 12.4 Å². The largest absolute Gasteiger partial charge is 0.330 e. The van der Waals surface area contributed by atoms with Crippen LogP contribution in [0.3, 0.4) is 0 Å². The first-order chi connectivity index (χ1) is 11.1. The first-order valence-corrected chi connectivity index (χ1v) is 9.08. The number of hydrogen-bond acceptors (Lipinski definition) is 4. The van der Waals surface area contributed by atoms with Crippen LogP contribution in [0.5, 0.6) is 0 Å². The maximum Gasteiger partial charge on any atom is 0.226 e. The highest BCUT2D eigenvalue weighted by Crippen LogP contribution is 2.27. The summed E-state index contributed by atoms with van der Waals surface area (Å²) in [5.41, 5.74) is 7.34. The normalized spacial score (nSPS) is 11.4. The minimum Gasteiger partial charge on any atom is -0.330 e. The van der Waals surface area contributed by atoms with E-state index < -0.39 is 9.84 Å². The van der Waals surface area contributed by atoms with Crippen molar-refractivity contribution < 1.29 is 8.42 Å². The van der Waals surface area contributed by atoms with Crippen LogP contribution in [-0.2, 0) is 16.3 Å². The molecule has 0 aliphatic carbocycles. The van der Waals surface area contributed by atoms with Gasteiger partial charge in [0.2, 0.25) is 9.84 Å². The molecule has 5 nitrogen and oxygen atoms in total. The predicted molar refractivity (Wildman–Crippen MR) is 97.2 cm³/mol. The highest BCUT2D eigenvalue weighted by atomic mass is 35.5. The minimum atomic E-state index is -3.63. The average Bonchev–Trinajstić information content (AvgIpc) is 3.00. The van der Waals surface area contributed by atoms with E-state index in [1.165, 1.54) is 0 Å². The summed E-state index contributed by atoms with van der Waals surface area (Å²) in [5, 5.41) is 7.58. The van der Waals surface area contributed by atoms with Gasteiger partial charge in [-0.05, 0) is 55.6 Å². The van der Waals surface area contributed by atoms with Crippen LogP contribution < -0.4 is 5.73 Å². The van der Waals surface area contributed by atoms with Crippen LogP contribution >= 0.6 is 12.4 Å². The Hall–Kier alpha value is -1.89. The zero-order valence-corrected chi connectivity index (χ0v) is 14.7. The summed E-state index contributed by atoms with van der Waals surface area (Å²) in [5.74, 6) is 0. The Kier molecular flexibility index (Phi) is 5.99. The molecule has 0 amide bonds. The Labute approximate surface area is 147 Å². The van der Waals surface area contributed by atoms with Crippen molar-refractivity contribution in [3.05, 3.63) is 54.1 Å². The number of rotatable bonds is 6. The molecule has 3 N–H and O–H groups in total. The van der Waals surface area contributed by atoms with Gasteiger partial charge < -0.3 is 5.73 Å². The molecule has 128 valence electrons. The van der Waals surface area contributed by atoms with Crippen LogP contribution in [0, 0.1) is 0 Å². The molecule has 7 heteroatoms. The van der Waals surface area contributed by atoms with Crippen molar-refractivity contribution >= 4 is 33.1 Å². The molecule has 1 heterocycles. The standard InChI is InChI=1S/C17H19N3O2S.ClH/c18-11-5-4-6-13-9-10-16-15(12-13)17(20-19-16)23(21,22)14-7-2-1-3-8-14;/h1-3,7-10,12H,4-6,11,18H2,(H,19,20);1H. The Balaban J connectivity index is 0.00000208. The number of nitrogens with one attached hydrogen (secondary N) is 1. The van der Waals surface area contributed by atoms with E-state index >= 15 is 0 Å². The van der Waals surface area contributed by atoms with Crippen molar-refractivity contribution in [2.75, 3.05) is 6.54 Å². The third-order valence-electron chi connectivity index (χ3n) is 3.82. The molecule has 1 aromatic heterocycles. The van der Waals surface area contributed by atoms with Gasteiger partial charge in [0.1, 0.15) is 0 Å². The van der Waals surface area contributed by atoms with Gasteiger partial charge in [-0.2, -0.15) is 5.10 Å². The third-order valence-corrected chi connectivity index (χ3v) is 5.53. The number of aromatic amines is 1. The summed E-state index contributed by atoms with van der Waals surface area (Å²) in [4.78, 5) is 0.252. The molecule has 0 unspecified atom stereocenters. The summed E-state index contributed by atoms with van der Waals surface area (Å²) in [6.45, 7) is 0.668. The molecule has 0 saturated carbocycles. The molecule has 0 fully saturated rings. The Morgan fingerprint density at radius 2 is 1.79 bits per heavy atom. The highest BCUT2D eigenvalue weighted by molar-refractivity contribution is 7.91. The molecule has 24 heavy (non-hydrogen) atoms. The van der Waals surface area contributed by atoms with E-state index in [1.807, 2.05) is 18.2 Å². The van der Waals surface area contributed by atoms with E-state index in [-0.39, 0.29) is 22.3 Å². The second-order valence-electron chi connectivity index (χ2n) is 5.47. The molecular formula is C17H20ClN3O2S. The lowest BCUT2D eigenvalue weighted by Crippen LogP contribution is -2.03. The van der Waals surface area contributed by atoms with Crippen LogP contribution in [0.25, 0.3) is 10.9 Å². The van der Waals surface area contributed by atoms with E-state index in [9.17, 15) is 8.42 Å². The van der Waals surface area contributed by atoms with Crippen molar-refractivity contribution in [1.82, 2.24) is 10.2 Å². The maximum atomic E-state index is 12.8. The number of nitrogens with zero attached hydrogens (tertiary/aromatic N) is 1. The maximum absolute atomic E-state index is 12.8. The predicted octanol–water partition coefficient (Wildman–Crippen LogP) is 3.10. The van der Waals surface area contributed by atoms with Crippen LogP contribution in [-0.4, -0.2) is 25.2 Å². The second kappa shape index (κ2) is 7.79. The van der Waals surface area contributed by atoms with Crippen molar-refractivity contribution in [2.45, 2.75) is 29.2 Å². The Bertz CT molecular complexity index is 908. The van der Waals surface area contributed by atoms with E-state index in [2.05, 4.69) is 10.2 Å². The lowest BCUT2D eigenvalue weighted by molar-refractivity contribution is 0.593.